The number of nitrogens with zero attached hydrogens (tertiary/aromatic N) is 4. The smallest absolute Gasteiger partial charge is 0.251 e. The first-order chi connectivity index (χ1) is 14.0. The molecule has 152 valence electrons. The summed E-state index contributed by atoms with van der Waals surface area (Å²) in [6.45, 7) is 6.69. The van der Waals surface area contributed by atoms with Crippen LogP contribution in [0.4, 0.5) is 5.13 Å². The van der Waals surface area contributed by atoms with E-state index in [1.807, 2.05) is 48.9 Å². The van der Waals surface area contributed by atoms with Crippen molar-refractivity contribution in [3.63, 3.8) is 0 Å². The van der Waals surface area contributed by atoms with Gasteiger partial charge in [-0.05, 0) is 32.9 Å². The molecule has 0 unspecified atom stereocenters. The Morgan fingerprint density at radius 2 is 2.07 bits per heavy atom. The van der Waals surface area contributed by atoms with Gasteiger partial charge in [-0.25, -0.2) is 4.98 Å². The van der Waals surface area contributed by atoms with E-state index in [0.717, 1.165) is 11.3 Å². The largest absolute Gasteiger partial charge is 0.345 e. The van der Waals surface area contributed by atoms with Gasteiger partial charge in [0.2, 0.25) is 5.91 Å². The minimum absolute atomic E-state index is 0.149. The van der Waals surface area contributed by atoms with E-state index in [9.17, 15) is 9.59 Å². The van der Waals surface area contributed by atoms with E-state index in [2.05, 4.69) is 25.8 Å². The standard InChI is InChI=1S/C19H22N6O2S2/c1-4-25-15(9-20-17(27)14-7-5-6-12(2)8-14)23-24-19(25)29-11-16(26)22-18-21-13(3)10-28-18/h5-8,10H,4,9,11H2,1-3H3,(H,20,27)(H,21,22,26). The van der Waals surface area contributed by atoms with Crippen LogP contribution in [-0.4, -0.2) is 37.3 Å². The van der Waals surface area contributed by atoms with Gasteiger partial charge < -0.3 is 15.2 Å². The molecule has 2 aromatic heterocycles. The molecule has 0 saturated carbocycles. The third kappa shape index (κ3) is 5.64. The van der Waals surface area contributed by atoms with E-state index in [-0.39, 0.29) is 24.1 Å². The highest BCUT2D eigenvalue weighted by Gasteiger charge is 2.15. The maximum Gasteiger partial charge on any atom is 0.251 e. The quantitative estimate of drug-likeness (QED) is 0.533. The average molecular weight is 431 g/mol. The number of thioether (sulfide) groups is 1. The fraction of sp³-hybridized carbons (Fsp3) is 0.316. The van der Waals surface area contributed by atoms with Crippen molar-refractivity contribution in [2.24, 2.45) is 0 Å². The fourth-order valence-electron chi connectivity index (χ4n) is 2.62. The normalized spacial score (nSPS) is 10.7. The lowest BCUT2D eigenvalue weighted by molar-refractivity contribution is -0.113. The molecule has 1 aromatic carbocycles. The van der Waals surface area contributed by atoms with Gasteiger partial charge in [0.25, 0.3) is 5.91 Å². The Morgan fingerprint density at radius 3 is 2.76 bits per heavy atom. The summed E-state index contributed by atoms with van der Waals surface area (Å²) in [6.07, 6.45) is 0. The number of amides is 2. The number of benzene rings is 1. The minimum atomic E-state index is -0.160. The molecule has 2 N–H and O–H groups in total. The van der Waals surface area contributed by atoms with Gasteiger partial charge in [0.15, 0.2) is 16.1 Å². The van der Waals surface area contributed by atoms with Gasteiger partial charge in [0.05, 0.1) is 18.0 Å². The number of nitrogens with one attached hydrogen (secondary N) is 2. The highest BCUT2D eigenvalue weighted by Crippen LogP contribution is 2.19. The minimum Gasteiger partial charge on any atom is -0.345 e. The number of hydrogen-bond donors (Lipinski definition) is 2. The van der Waals surface area contributed by atoms with Crippen molar-refractivity contribution in [2.45, 2.75) is 39.0 Å². The molecule has 0 atom stereocenters. The third-order valence-electron chi connectivity index (χ3n) is 3.99. The molecule has 3 aromatic rings. The van der Waals surface area contributed by atoms with E-state index >= 15 is 0 Å². The molecule has 2 heterocycles. The molecule has 0 aliphatic heterocycles. The molecule has 29 heavy (non-hydrogen) atoms. The Balaban J connectivity index is 1.56. The van der Waals surface area contributed by atoms with Crippen molar-refractivity contribution < 1.29 is 9.59 Å². The van der Waals surface area contributed by atoms with E-state index in [1.165, 1.54) is 23.1 Å². The molecule has 0 aliphatic rings. The van der Waals surface area contributed by atoms with Crippen molar-refractivity contribution in [1.82, 2.24) is 25.1 Å². The molecule has 0 spiro atoms. The van der Waals surface area contributed by atoms with Crippen LogP contribution in [0.25, 0.3) is 0 Å². The maximum absolute atomic E-state index is 12.3. The second-order valence-corrected chi connectivity index (χ2v) is 8.13. The molecule has 0 radical (unpaired) electrons. The van der Waals surface area contributed by atoms with Gasteiger partial charge in [0, 0.05) is 17.5 Å². The molecule has 0 aliphatic carbocycles. The van der Waals surface area contributed by atoms with Gasteiger partial charge >= 0.3 is 0 Å². The molecule has 8 nitrogen and oxygen atoms in total. The van der Waals surface area contributed by atoms with E-state index < -0.39 is 0 Å². The van der Waals surface area contributed by atoms with Crippen LogP contribution < -0.4 is 10.6 Å². The monoisotopic (exact) mass is 430 g/mol. The Morgan fingerprint density at radius 1 is 1.24 bits per heavy atom. The molecule has 0 saturated heterocycles. The van der Waals surface area contributed by atoms with Crippen molar-refractivity contribution >= 4 is 40.0 Å². The summed E-state index contributed by atoms with van der Waals surface area (Å²) in [6, 6.07) is 7.41. The van der Waals surface area contributed by atoms with Gasteiger partial charge in [-0.2, -0.15) is 0 Å². The van der Waals surface area contributed by atoms with Crippen LogP contribution in [0.5, 0.6) is 0 Å². The summed E-state index contributed by atoms with van der Waals surface area (Å²) in [5.41, 5.74) is 2.51. The highest BCUT2D eigenvalue weighted by atomic mass is 32.2. The Labute approximate surface area is 177 Å². The summed E-state index contributed by atoms with van der Waals surface area (Å²) < 4.78 is 1.89. The predicted octanol–water partition coefficient (Wildman–Crippen LogP) is 3.03. The van der Waals surface area contributed by atoms with Crippen molar-refractivity contribution in [3.8, 4) is 0 Å². The Bertz CT molecular complexity index is 1010. The zero-order valence-corrected chi connectivity index (χ0v) is 18.1. The van der Waals surface area contributed by atoms with Crippen LogP contribution in [-0.2, 0) is 17.9 Å². The molecule has 0 bridgehead atoms. The highest BCUT2D eigenvalue weighted by molar-refractivity contribution is 7.99. The number of carbonyl (C=O) groups excluding carboxylic acids is 2. The lowest BCUT2D eigenvalue weighted by Crippen LogP contribution is -2.25. The van der Waals surface area contributed by atoms with Gasteiger partial charge in [-0.15, -0.1) is 21.5 Å². The van der Waals surface area contributed by atoms with Gasteiger partial charge in [-0.1, -0.05) is 29.5 Å². The van der Waals surface area contributed by atoms with Crippen LogP contribution in [0.2, 0.25) is 0 Å². The number of aryl methyl sites for hydroxylation is 2. The number of carbonyl (C=O) groups is 2. The molecule has 10 heteroatoms. The third-order valence-corrected chi connectivity index (χ3v) is 5.84. The van der Waals surface area contributed by atoms with Crippen LogP contribution in [0, 0.1) is 13.8 Å². The van der Waals surface area contributed by atoms with E-state index in [0.29, 0.717) is 28.2 Å². The van der Waals surface area contributed by atoms with E-state index in [4.69, 9.17) is 0 Å². The zero-order valence-electron chi connectivity index (χ0n) is 16.4. The first-order valence-electron chi connectivity index (χ1n) is 9.08. The van der Waals surface area contributed by atoms with Crippen LogP contribution in [0.15, 0.2) is 34.8 Å². The molecule has 0 fully saturated rings. The van der Waals surface area contributed by atoms with Crippen LogP contribution >= 0.6 is 23.1 Å². The van der Waals surface area contributed by atoms with Crippen molar-refractivity contribution in [2.75, 3.05) is 11.1 Å². The lowest BCUT2D eigenvalue weighted by atomic mass is 10.1. The molecular weight excluding hydrogens is 408 g/mol. The second kappa shape index (κ2) is 9.66. The topological polar surface area (TPSA) is 102 Å². The average Bonchev–Trinajstić information content (AvgIpc) is 3.29. The summed E-state index contributed by atoms with van der Waals surface area (Å²) in [5.74, 6) is 0.537. The number of thiazole rings is 1. The van der Waals surface area contributed by atoms with E-state index in [1.54, 1.807) is 6.07 Å². The van der Waals surface area contributed by atoms with Crippen LogP contribution in [0.3, 0.4) is 0 Å². The number of aromatic nitrogens is 4. The summed E-state index contributed by atoms with van der Waals surface area (Å²) in [4.78, 5) is 28.7. The fourth-order valence-corrected chi connectivity index (χ4v) is 4.14. The summed E-state index contributed by atoms with van der Waals surface area (Å²) >= 11 is 2.69. The van der Waals surface area contributed by atoms with Crippen molar-refractivity contribution in [3.05, 3.63) is 52.3 Å². The Hall–Kier alpha value is -2.72. The maximum atomic E-state index is 12.3. The summed E-state index contributed by atoms with van der Waals surface area (Å²) in [7, 11) is 0. The SMILES string of the molecule is CCn1c(CNC(=O)c2cccc(C)c2)nnc1SCC(=O)Nc1nc(C)cs1. The predicted molar refractivity (Wildman–Crippen MR) is 114 cm³/mol. The first-order valence-corrected chi connectivity index (χ1v) is 10.9. The number of anilines is 1. The van der Waals surface area contributed by atoms with Gasteiger partial charge in [0.1, 0.15) is 0 Å². The first kappa shape index (κ1) is 21.0. The Kier molecular flexibility index (Phi) is 6.99. The molecular formula is C19H22N6O2S2. The molecule has 2 amide bonds. The van der Waals surface area contributed by atoms with Crippen LogP contribution in [0.1, 0.15) is 34.4 Å². The second-order valence-electron chi connectivity index (χ2n) is 6.33. The number of hydrogen-bond acceptors (Lipinski definition) is 7. The zero-order chi connectivity index (χ0) is 20.8. The number of rotatable bonds is 8. The lowest BCUT2D eigenvalue weighted by Gasteiger charge is -2.09. The summed E-state index contributed by atoms with van der Waals surface area (Å²) in [5, 5.41) is 17.1. The molecule has 3 rings (SSSR count). The van der Waals surface area contributed by atoms with Gasteiger partial charge in [-0.3, -0.25) is 9.59 Å². The van der Waals surface area contributed by atoms with Crippen molar-refractivity contribution in [1.29, 1.82) is 0 Å².